The second kappa shape index (κ2) is 6.95. The van der Waals surface area contributed by atoms with Gasteiger partial charge in [-0.3, -0.25) is 4.79 Å². The van der Waals surface area contributed by atoms with E-state index in [0.717, 1.165) is 6.07 Å². The first-order valence-corrected chi connectivity index (χ1v) is 8.70. The Kier molecular flexibility index (Phi) is 4.83. The summed E-state index contributed by atoms with van der Waals surface area (Å²) in [5.74, 6) is -1.90. The summed E-state index contributed by atoms with van der Waals surface area (Å²) < 4.78 is 20.0. The molecule has 0 radical (unpaired) electrons. The molecule has 0 fully saturated rings. The Bertz CT molecular complexity index is 1070. The van der Waals surface area contributed by atoms with Crippen molar-refractivity contribution in [2.75, 3.05) is 0 Å². The molecule has 3 aromatic rings. The van der Waals surface area contributed by atoms with Gasteiger partial charge in [-0.05, 0) is 42.0 Å². The first kappa shape index (κ1) is 18.8. The smallest absolute Gasteiger partial charge is 0.229 e. The van der Waals surface area contributed by atoms with Crippen LogP contribution in [0.1, 0.15) is 26.3 Å². The Morgan fingerprint density at radius 2 is 1.74 bits per heavy atom. The summed E-state index contributed by atoms with van der Waals surface area (Å²) >= 11 is 0. The van der Waals surface area contributed by atoms with Crippen LogP contribution in [-0.2, 0) is 6.42 Å². The molecule has 1 heterocycles. The fourth-order valence-electron chi connectivity index (χ4n) is 2.86. The minimum Gasteiger partial charge on any atom is -0.508 e. The van der Waals surface area contributed by atoms with E-state index in [1.54, 1.807) is 12.1 Å². The topological polar surface area (TPSA) is 90.9 Å². The van der Waals surface area contributed by atoms with Crippen LogP contribution in [0.4, 0.5) is 4.39 Å². The van der Waals surface area contributed by atoms with Crippen molar-refractivity contribution in [3.05, 3.63) is 51.9 Å². The van der Waals surface area contributed by atoms with E-state index in [4.69, 9.17) is 4.42 Å². The zero-order valence-corrected chi connectivity index (χ0v) is 15.3. The zero-order chi connectivity index (χ0) is 19.9. The van der Waals surface area contributed by atoms with Crippen molar-refractivity contribution >= 4 is 11.0 Å². The van der Waals surface area contributed by atoms with E-state index >= 15 is 0 Å². The van der Waals surface area contributed by atoms with Gasteiger partial charge in [0.2, 0.25) is 17.0 Å². The second-order valence-electron chi connectivity index (χ2n) is 7.15. The van der Waals surface area contributed by atoms with Crippen LogP contribution in [0.15, 0.2) is 39.5 Å². The molecule has 27 heavy (non-hydrogen) atoms. The van der Waals surface area contributed by atoms with E-state index in [0.29, 0.717) is 23.8 Å². The fraction of sp³-hybridized carbons (Fsp3) is 0.286. The molecule has 5 nitrogen and oxygen atoms in total. The largest absolute Gasteiger partial charge is 0.508 e. The van der Waals surface area contributed by atoms with Crippen molar-refractivity contribution in [1.29, 1.82) is 0 Å². The highest BCUT2D eigenvalue weighted by Gasteiger charge is 2.20. The number of hydrogen-bond donors (Lipinski definition) is 3. The molecule has 0 aliphatic heterocycles. The third kappa shape index (κ3) is 3.35. The molecule has 3 N–H and O–H groups in total. The molecule has 1 atom stereocenters. The van der Waals surface area contributed by atoms with Crippen LogP contribution in [0.5, 0.6) is 17.2 Å². The fourth-order valence-corrected chi connectivity index (χ4v) is 2.86. The van der Waals surface area contributed by atoms with E-state index in [2.05, 4.69) is 20.8 Å². The van der Waals surface area contributed by atoms with Gasteiger partial charge in [0, 0.05) is 5.56 Å². The van der Waals surface area contributed by atoms with Crippen LogP contribution >= 0.6 is 0 Å². The normalized spacial score (nSPS) is 12.6. The lowest BCUT2D eigenvalue weighted by atomic mass is 9.90. The van der Waals surface area contributed by atoms with Crippen molar-refractivity contribution in [3.8, 4) is 28.6 Å². The van der Waals surface area contributed by atoms with Crippen molar-refractivity contribution in [1.82, 2.24) is 0 Å². The lowest BCUT2D eigenvalue weighted by Gasteiger charge is -2.16. The van der Waals surface area contributed by atoms with Crippen LogP contribution in [0.25, 0.3) is 22.3 Å². The van der Waals surface area contributed by atoms with Crippen molar-refractivity contribution in [2.24, 2.45) is 11.8 Å². The average molecular weight is 372 g/mol. The quantitative estimate of drug-likeness (QED) is 0.585. The summed E-state index contributed by atoms with van der Waals surface area (Å²) in [5.41, 5.74) is -0.399. The van der Waals surface area contributed by atoms with Gasteiger partial charge in [0.15, 0.2) is 17.1 Å². The molecule has 142 valence electrons. The first-order valence-electron chi connectivity index (χ1n) is 8.70. The van der Waals surface area contributed by atoms with Crippen LogP contribution in [-0.4, -0.2) is 15.3 Å². The molecule has 0 saturated carbocycles. The van der Waals surface area contributed by atoms with E-state index in [-0.39, 0.29) is 22.3 Å². The number of fused-ring (bicyclic) bond motifs is 1. The Labute approximate surface area is 155 Å². The second-order valence-corrected chi connectivity index (χ2v) is 7.15. The third-order valence-corrected chi connectivity index (χ3v) is 4.99. The summed E-state index contributed by atoms with van der Waals surface area (Å²) in [6, 6.07) is 6.81. The molecular formula is C21H21FO5. The lowest BCUT2D eigenvalue weighted by molar-refractivity contribution is 0.398. The summed E-state index contributed by atoms with van der Waals surface area (Å²) in [5, 5.41) is 29.7. The predicted octanol–water partition coefficient (Wildman–Crippen LogP) is 4.55. The SMILES string of the molecule is CC(C)C(C)Cc1ccc(-c2oc3c(O)c(O)ccc3c(=O)c2F)cc1O. The molecule has 1 aromatic heterocycles. The number of halogens is 1. The van der Waals surface area contributed by atoms with Crippen molar-refractivity contribution in [2.45, 2.75) is 27.2 Å². The maximum Gasteiger partial charge on any atom is 0.229 e. The molecule has 0 aliphatic rings. The maximum absolute atomic E-state index is 14.6. The highest BCUT2D eigenvalue weighted by Crippen LogP contribution is 2.36. The number of rotatable bonds is 4. The molecule has 0 saturated heterocycles. The van der Waals surface area contributed by atoms with Gasteiger partial charge in [-0.15, -0.1) is 0 Å². The highest BCUT2D eigenvalue weighted by atomic mass is 19.1. The van der Waals surface area contributed by atoms with Crippen molar-refractivity contribution in [3.63, 3.8) is 0 Å². The van der Waals surface area contributed by atoms with Gasteiger partial charge in [0.1, 0.15) is 5.75 Å². The zero-order valence-electron chi connectivity index (χ0n) is 15.3. The summed E-state index contributed by atoms with van der Waals surface area (Å²) in [7, 11) is 0. The average Bonchev–Trinajstić information content (AvgIpc) is 2.62. The number of phenolic OH excluding ortho intramolecular Hbond substituents is 3. The minimum absolute atomic E-state index is 0.0257. The Balaban J connectivity index is 2.13. The van der Waals surface area contributed by atoms with E-state index in [1.165, 1.54) is 12.1 Å². The van der Waals surface area contributed by atoms with Gasteiger partial charge in [0.25, 0.3) is 0 Å². The molecule has 0 aliphatic carbocycles. The summed E-state index contributed by atoms with van der Waals surface area (Å²) in [6.45, 7) is 6.27. The Morgan fingerprint density at radius 3 is 2.37 bits per heavy atom. The Morgan fingerprint density at radius 1 is 1.04 bits per heavy atom. The first-order chi connectivity index (χ1) is 12.7. The number of hydrogen-bond acceptors (Lipinski definition) is 5. The molecule has 0 amide bonds. The number of benzene rings is 2. The van der Waals surface area contributed by atoms with Gasteiger partial charge < -0.3 is 19.7 Å². The van der Waals surface area contributed by atoms with Gasteiger partial charge >= 0.3 is 0 Å². The van der Waals surface area contributed by atoms with E-state index in [1.807, 2.05) is 0 Å². The van der Waals surface area contributed by atoms with Gasteiger partial charge in [-0.25, -0.2) is 0 Å². The molecule has 6 heteroatoms. The molecular weight excluding hydrogens is 351 g/mol. The predicted molar refractivity (Wildman–Crippen MR) is 101 cm³/mol. The third-order valence-electron chi connectivity index (χ3n) is 4.99. The minimum atomic E-state index is -1.13. The van der Waals surface area contributed by atoms with Crippen LogP contribution in [0.3, 0.4) is 0 Å². The van der Waals surface area contributed by atoms with E-state index < -0.39 is 28.5 Å². The lowest BCUT2D eigenvalue weighted by Crippen LogP contribution is -2.09. The standard InChI is InChI=1S/C21H21FO5/c1-10(2)11(3)8-12-4-5-13(9-16(12)24)20-17(22)18(25)14-6-7-15(23)19(26)21(14)27-20/h4-7,9-11,23-24,26H,8H2,1-3H3. The highest BCUT2D eigenvalue weighted by molar-refractivity contribution is 5.86. The van der Waals surface area contributed by atoms with Crippen LogP contribution < -0.4 is 5.43 Å². The molecule has 0 spiro atoms. The van der Waals surface area contributed by atoms with Gasteiger partial charge in [0.05, 0.1) is 5.39 Å². The Hall–Kier alpha value is -3.02. The summed E-state index contributed by atoms with van der Waals surface area (Å²) in [6.07, 6.45) is 0.655. The van der Waals surface area contributed by atoms with Crippen LogP contribution in [0.2, 0.25) is 0 Å². The van der Waals surface area contributed by atoms with Crippen LogP contribution in [0, 0.1) is 17.7 Å². The van der Waals surface area contributed by atoms with Crippen molar-refractivity contribution < 1.29 is 24.1 Å². The monoisotopic (exact) mass is 372 g/mol. The molecule has 0 bridgehead atoms. The van der Waals surface area contributed by atoms with Gasteiger partial charge in [-0.1, -0.05) is 32.9 Å². The van der Waals surface area contributed by atoms with E-state index in [9.17, 15) is 24.5 Å². The number of phenols is 3. The molecule has 2 aromatic carbocycles. The molecule has 1 unspecified atom stereocenters. The number of aromatic hydroxyl groups is 3. The van der Waals surface area contributed by atoms with Gasteiger partial charge in [-0.2, -0.15) is 4.39 Å². The summed E-state index contributed by atoms with van der Waals surface area (Å²) in [4.78, 5) is 12.3. The molecule has 3 rings (SSSR count). The maximum atomic E-state index is 14.6.